The molecule has 27 heavy (non-hydrogen) atoms. The first-order valence-corrected chi connectivity index (χ1v) is 8.67. The predicted molar refractivity (Wildman–Crippen MR) is 93.5 cm³/mol. The van der Waals surface area contributed by atoms with Gasteiger partial charge in [-0.05, 0) is 26.3 Å². The highest BCUT2D eigenvalue weighted by atomic mass is 16.4. The summed E-state index contributed by atoms with van der Waals surface area (Å²) < 4.78 is 0. The van der Waals surface area contributed by atoms with Crippen molar-refractivity contribution in [3.63, 3.8) is 0 Å². The largest absolute Gasteiger partial charge is 0.480 e. The van der Waals surface area contributed by atoms with E-state index in [4.69, 9.17) is 5.11 Å². The Labute approximate surface area is 155 Å². The summed E-state index contributed by atoms with van der Waals surface area (Å²) in [6, 6.07) is -2.18. The van der Waals surface area contributed by atoms with Gasteiger partial charge in [-0.25, -0.2) is 4.98 Å². The molecule has 6 N–H and O–H groups in total. The molecule has 1 aromatic heterocycles. The van der Waals surface area contributed by atoms with Crippen molar-refractivity contribution in [1.82, 2.24) is 31.2 Å². The highest BCUT2D eigenvalue weighted by molar-refractivity contribution is 5.93. The Morgan fingerprint density at radius 1 is 1.30 bits per heavy atom. The van der Waals surface area contributed by atoms with Gasteiger partial charge in [0, 0.05) is 18.3 Å². The summed E-state index contributed by atoms with van der Waals surface area (Å²) in [7, 11) is 0. The van der Waals surface area contributed by atoms with Crippen molar-refractivity contribution in [2.24, 2.45) is 0 Å². The highest BCUT2D eigenvalue weighted by Crippen LogP contribution is 2.05. The van der Waals surface area contributed by atoms with Crippen LogP contribution in [0, 0.1) is 0 Å². The number of amides is 3. The van der Waals surface area contributed by atoms with E-state index in [2.05, 4.69) is 31.2 Å². The number of hydrogen-bond acceptors (Lipinski definition) is 6. The van der Waals surface area contributed by atoms with E-state index >= 15 is 0 Å². The number of nitrogens with zero attached hydrogens (tertiary/aromatic N) is 1. The van der Waals surface area contributed by atoms with Crippen molar-refractivity contribution in [3.05, 3.63) is 18.2 Å². The van der Waals surface area contributed by atoms with Gasteiger partial charge in [-0.2, -0.15) is 0 Å². The molecule has 0 spiro atoms. The number of nitrogens with one attached hydrogen (secondary N) is 5. The quantitative estimate of drug-likeness (QED) is 0.285. The Hall–Kier alpha value is -2.95. The molecule has 0 aliphatic carbocycles. The van der Waals surface area contributed by atoms with Crippen LogP contribution in [0.25, 0.3) is 0 Å². The van der Waals surface area contributed by atoms with Crippen LogP contribution in [0.1, 0.15) is 25.5 Å². The molecule has 0 saturated carbocycles. The summed E-state index contributed by atoms with van der Waals surface area (Å²) in [4.78, 5) is 54.1. The molecule has 2 heterocycles. The minimum Gasteiger partial charge on any atom is -0.480 e. The molecule has 3 atom stereocenters. The number of carboxylic acid groups (broad SMARTS) is 1. The van der Waals surface area contributed by atoms with Gasteiger partial charge in [0.2, 0.25) is 17.7 Å². The van der Waals surface area contributed by atoms with Crippen molar-refractivity contribution in [2.45, 2.75) is 44.3 Å². The second kappa shape index (κ2) is 9.67. The number of aromatic nitrogens is 2. The van der Waals surface area contributed by atoms with Crippen LogP contribution in [-0.4, -0.2) is 70.0 Å². The van der Waals surface area contributed by atoms with Crippen LogP contribution in [0.5, 0.6) is 0 Å². The molecular weight excluding hydrogens is 356 g/mol. The number of hydrogen-bond donors (Lipinski definition) is 6. The summed E-state index contributed by atoms with van der Waals surface area (Å²) in [6.07, 6.45) is 4.64. The van der Waals surface area contributed by atoms with Crippen LogP contribution in [0.4, 0.5) is 0 Å². The van der Waals surface area contributed by atoms with E-state index in [1.807, 2.05) is 0 Å². The Balaban J connectivity index is 1.94. The normalized spacial score (nSPS) is 18.3. The van der Waals surface area contributed by atoms with Gasteiger partial charge in [0.15, 0.2) is 0 Å². The molecule has 0 radical (unpaired) electrons. The van der Waals surface area contributed by atoms with Gasteiger partial charge in [0.25, 0.3) is 0 Å². The maximum Gasteiger partial charge on any atom is 0.322 e. The Bertz CT molecular complexity index is 671. The lowest BCUT2D eigenvalue weighted by Gasteiger charge is -2.21. The summed E-state index contributed by atoms with van der Waals surface area (Å²) in [5.74, 6) is -2.65. The number of carbonyl (C=O) groups is 4. The van der Waals surface area contributed by atoms with E-state index in [0.717, 1.165) is 13.0 Å². The molecule has 1 fully saturated rings. The summed E-state index contributed by atoms with van der Waals surface area (Å²) >= 11 is 0. The molecular formula is C16H24N6O5. The molecule has 1 saturated heterocycles. The van der Waals surface area contributed by atoms with E-state index in [-0.39, 0.29) is 18.4 Å². The maximum atomic E-state index is 12.4. The highest BCUT2D eigenvalue weighted by Gasteiger charge is 2.28. The fraction of sp³-hybridized carbons (Fsp3) is 0.562. The van der Waals surface area contributed by atoms with Crippen LogP contribution in [0.2, 0.25) is 0 Å². The fourth-order valence-electron chi connectivity index (χ4n) is 2.70. The van der Waals surface area contributed by atoms with Crippen molar-refractivity contribution in [1.29, 1.82) is 0 Å². The lowest BCUT2D eigenvalue weighted by molar-refractivity contribution is -0.138. The molecule has 3 amide bonds. The molecule has 11 nitrogen and oxygen atoms in total. The third-order valence-electron chi connectivity index (χ3n) is 4.15. The van der Waals surface area contributed by atoms with E-state index in [1.165, 1.54) is 19.4 Å². The van der Waals surface area contributed by atoms with Crippen LogP contribution >= 0.6 is 0 Å². The van der Waals surface area contributed by atoms with Gasteiger partial charge in [-0.15, -0.1) is 0 Å². The summed E-state index contributed by atoms with van der Waals surface area (Å²) in [5.41, 5.74) is 0.595. The number of H-pyrrole nitrogens is 1. The van der Waals surface area contributed by atoms with Crippen molar-refractivity contribution < 1.29 is 24.3 Å². The van der Waals surface area contributed by atoms with Crippen LogP contribution < -0.4 is 21.3 Å². The molecule has 11 heteroatoms. The van der Waals surface area contributed by atoms with Crippen LogP contribution in [-0.2, 0) is 25.6 Å². The average Bonchev–Trinajstić information content (AvgIpc) is 3.32. The van der Waals surface area contributed by atoms with Gasteiger partial charge in [-0.1, -0.05) is 0 Å². The third-order valence-corrected chi connectivity index (χ3v) is 4.15. The van der Waals surface area contributed by atoms with Crippen molar-refractivity contribution in [3.8, 4) is 0 Å². The van der Waals surface area contributed by atoms with Crippen LogP contribution in [0.15, 0.2) is 12.5 Å². The Morgan fingerprint density at radius 2 is 2.07 bits per heavy atom. The first-order valence-electron chi connectivity index (χ1n) is 8.67. The number of carbonyl (C=O) groups excluding carboxylic acids is 3. The Kier molecular flexibility index (Phi) is 7.29. The van der Waals surface area contributed by atoms with E-state index in [0.29, 0.717) is 12.1 Å². The molecule has 1 aliphatic heterocycles. The number of rotatable bonds is 9. The third kappa shape index (κ3) is 6.37. The van der Waals surface area contributed by atoms with E-state index < -0.39 is 36.4 Å². The number of aromatic amines is 1. The zero-order chi connectivity index (χ0) is 19.8. The van der Waals surface area contributed by atoms with Gasteiger partial charge in [0.05, 0.1) is 12.4 Å². The summed E-state index contributed by atoms with van der Waals surface area (Å²) in [5, 5.41) is 19.1. The van der Waals surface area contributed by atoms with Crippen molar-refractivity contribution in [2.75, 3.05) is 13.1 Å². The number of imidazole rings is 1. The van der Waals surface area contributed by atoms with E-state index in [1.54, 1.807) is 0 Å². The lowest BCUT2D eigenvalue weighted by Crippen LogP contribution is -2.55. The van der Waals surface area contributed by atoms with Gasteiger partial charge in [-0.3, -0.25) is 19.2 Å². The fourth-order valence-corrected chi connectivity index (χ4v) is 2.70. The minimum absolute atomic E-state index is 0.0992. The van der Waals surface area contributed by atoms with Gasteiger partial charge < -0.3 is 31.4 Å². The lowest BCUT2D eigenvalue weighted by atomic mass is 10.1. The van der Waals surface area contributed by atoms with Crippen LogP contribution in [0.3, 0.4) is 0 Å². The smallest absolute Gasteiger partial charge is 0.322 e. The molecule has 1 aromatic rings. The molecule has 0 bridgehead atoms. The summed E-state index contributed by atoms with van der Waals surface area (Å²) in [6.45, 7) is 1.72. The average molecular weight is 380 g/mol. The maximum absolute atomic E-state index is 12.4. The zero-order valence-electron chi connectivity index (χ0n) is 14.9. The molecule has 1 aliphatic rings. The van der Waals surface area contributed by atoms with E-state index in [9.17, 15) is 19.2 Å². The standard InChI is InChI=1S/C16H24N6O5/c1-9(21-16(27)11-3-2-4-18-11)14(25)22-12(5-10-6-17-8-20-10)15(26)19-7-13(23)24/h6,8-9,11-12,18H,2-5,7H2,1H3,(H,17,20)(H,19,26)(H,21,27)(H,22,25)(H,23,24). The monoisotopic (exact) mass is 380 g/mol. The molecule has 148 valence electrons. The second-order valence-electron chi connectivity index (χ2n) is 6.33. The molecule has 2 rings (SSSR count). The van der Waals surface area contributed by atoms with Crippen molar-refractivity contribution >= 4 is 23.7 Å². The molecule has 3 unspecified atom stereocenters. The van der Waals surface area contributed by atoms with Gasteiger partial charge in [0.1, 0.15) is 18.6 Å². The topological polar surface area (TPSA) is 165 Å². The minimum atomic E-state index is -1.19. The predicted octanol–water partition coefficient (Wildman–Crippen LogP) is -2.11. The first kappa shape index (κ1) is 20.4. The SMILES string of the molecule is CC(NC(=O)C1CCCN1)C(=O)NC(Cc1cnc[nH]1)C(=O)NCC(=O)O. The number of carboxylic acids is 1. The second-order valence-corrected chi connectivity index (χ2v) is 6.33. The first-order chi connectivity index (χ1) is 12.9. The Morgan fingerprint density at radius 3 is 2.67 bits per heavy atom. The number of aliphatic carboxylic acids is 1. The zero-order valence-corrected chi connectivity index (χ0v) is 14.9. The van der Waals surface area contributed by atoms with Gasteiger partial charge >= 0.3 is 5.97 Å². The molecule has 0 aromatic carbocycles.